The fraction of sp³-hybridized carbons (Fsp3) is 0.417. The van der Waals surface area contributed by atoms with Crippen LogP contribution < -0.4 is 0 Å². The minimum Gasteiger partial charge on any atom is -0.326 e. The van der Waals surface area contributed by atoms with Gasteiger partial charge in [-0.3, -0.25) is 4.21 Å². The highest BCUT2D eigenvalue weighted by molar-refractivity contribution is 7.84. The lowest BCUT2D eigenvalue weighted by molar-refractivity contribution is 0.590. The molecule has 0 aliphatic carbocycles. The van der Waals surface area contributed by atoms with Crippen molar-refractivity contribution >= 4 is 33.4 Å². The van der Waals surface area contributed by atoms with Crippen LogP contribution in [0.4, 0.5) is 8.78 Å². The maximum Gasteiger partial charge on any atom is 0.153 e. The van der Waals surface area contributed by atoms with Crippen molar-refractivity contribution in [2.24, 2.45) is 0 Å². The molecule has 19 heavy (non-hydrogen) atoms. The number of hydrogen-bond acceptors (Lipinski definition) is 2. The van der Waals surface area contributed by atoms with Crippen LogP contribution in [0.2, 0.25) is 0 Å². The molecule has 0 amide bonds. The van der Waals surface area contributed by atoms with E-state index in [-0.39, 0.29) is 11.4 Å². The fourth-order valence-corrected chi connectivity index (χ4v) is 2.77. The maximum atomic E-state index is 13.6. The Bertz CT molecular complexity index is 630. The van der Waals surface area contributed by atoms with E-state index in [1.165, 1.54) is 6.07 Å². The molecule has 2 aromatic rings. The van der Waals surface area contributed by atoms with E-state index < -0.39 is 22.4 Å². The number of rotatable bonds is 5. The van der Waals surface area contributed by atoms with E-state index in [4.69, 9.17) is 11.6 Å². The summed E-state index contributed by atoms with van der Waals surface area (Å²) in [6.45, 7) is 2.20. The van der Waals surface area contributed by atoms with E-state index in [9.17, 15) is 13.0 Å². The molecule has 1 atom stereocenters. The summed E-state index contributed by atoms with van der Waals surface area (Å²) in [6.07, 6.45) is 0. The van der Waals surface area contributed by atoms with Crippen molar-refractivity contribution in [3.05, 3.63) is 29.6 Å². The van der Waals surface area contributed by atoms with Gasteiger partial charge in [0.25, 0.3) is 0 Å². The molecule has 0 spiro atoms. The summed E-state index contributed by atoms with van der Waals surface area (Å²) in [4.78, 5) is 4.07. The topological polar surface area (TPSA) is 34.9 Å². The first-order valence-electron chi connectivity index (χ1n) is 5.82. The van der Waals surface area contributed by atoms with E-state index in [0.29, 0.717) is 29.4 Å². The Labute approximate surface area is 117 Å². The first kappa shape index (κ1) is 14.4. The van der Waals surface area contributed by atoms with Crippen LogP contribution in [0.5, 0.6) is 0 Å². The van der Waals surface area contributed by atoms with Gasteiger partial charge in [-0.05, 0) is 6.07 Å². The molecule has 0 fully saturated rings. The van der Waals surface area contributed by atoms with Crippen LogP contribution in [0.1, 0.15) is 12.7 Å². The van der Waals surface area contributed by atoms with Gasteiger partial charge in [0, 0.05) is 34.9 Å². The van der Waals surface area contributed by atoms with Crippen molar-refractivity contribution in [1.29, 1.82) is 0 Å². The molecule has 7 heteroatoms. The van der Waals surface area contributed by atoms with E-state index >= 15 is 0 Å². The van der Waals surface area contributed by atoms with Crippen molar-refractivity contribution < 1.29 is 13.0 Å². The molecule has 0 bridgehead atoms. The molecule has 2 rings (SSSR count). The molecule has 3 nitrogen and oxygen atoms in total. The fourth-order valence-electron chi connectivity index (χ4n) is 1.89. The molecular weight excluding hydrogens is 294 g/mol. The summed E-state index contributed by atoms with van der Waals surface area (Å²) in [6, 6.07) is 2.01. The number of aryl methyl sites for hydroxylation is 1. The van der Waals surface area contributed by atoms with Crippen molar-refractivity contribution in [3.8, 4) is 0 Å². The molecule has 0 saturated heterocycles. The van der Waals surface area contributed by atoms with E-state index in [1.54, 1.807) is 4.57 Å². The summed E-state index contributed by atoms with van der Waals surface area (Å²) >= 11 is 5.77. The van der Waals surface area contributed by atoms with Gasteiger partial charge in [-0.1, -0.05) is 6.92 Å². The first-order valence-corrected chi connectivity index (χ1v) is 7.84. The number of hydrogen-bond donors (Lipinski definition) is 0. The predicted octanol–water partition coefficient (Wildman–Crippen LogP) is 2.82. The van der Waals surface area contributed by atoms with Crippen LogP contribution in [0, 0.1) is 11.6 Å². The summed E-state index contributed by atoms with van der Waals surface area (Å²) in [5.41, 5.74) is 0.445. The Morgan fingerprint density at radius 1 is 1.42 bits per heavy atom. The minimum absolute atomic E-state index is 0.0918. The lowest BCUT2D eigenvalue weighted by Gasteiger charge is -2.07. The van der Waals surface area contributed by atoms with Crippen LogP contribution in [0.15, 0.2) is 12.1 Å². The number of nitrogens with zero attached hydrogens (tertiary/aromatic N) is 2. The molecule has 0 aliphatic heterocycles. The minimum atomic E-state index is -0.955. The number of aromatic nitrogens is 2. The van der Waals surface area contributed by atoms with Crippen molar-refractivity contribution in [2.75, 3.05) is 11.5 Å². The van der Waals surface area contributed by atoms with E-state index in [1.807, 2.05) is 6.92 Å². The van der Waals surface area contributed by atoms with Gasteiger partial charge in [-0.15, -0.1) is 11.6 Å². The van der Waals surface area contributed by atoms with Gasteiger partial charge < -0.3 is 4.57 Å². The van der Waals surface area contributed by atoms with Gasteiger partial charge in [0.05, 0.1) is 11.4 Å². The van der Waals surface area contributed by atoms with E-state index in [2.05, 4.69) is 4.98 Å². The van der Waals surface area contributed by atoms with Gasteiger partial charge in [-0.25, -0.2) is 13.8 Å². The van der Waals surface area contributed by atoms with Crippen molar-refractivity contribution in [3.63, 3.8) is 0 Å². The number of fused-ring (bicyclic) bond motifs is 1. The molecule has 1 aromatic carbocycles. The average Bonchev–Trinajstić information content (AvgIpc) is 2.74. The van der Waals surface area contributed by atoms with Crippen LogP contribution in [-0.2, 0) is 23.2 Å². The second-order valence-corrected chi connectivity index (χ2v) is 6.13. The lowest BCUT2D eigenvalue weighted by atomic mass is 10.3. The molecular formula is C12H13ClF2N2OS. The summed E-state index contributed by atoms with van der Waals surface area (Å²) in [5, 5.41) is 0. The summed E-state index contributed by atoms with van der Waals surface area (Å²) < 4.78 is 40.0. The molecule has 0 aliphatic rings. The lowest BCUT2D eigenvalue weighted by Crippen LogP contribution is -2.11. The quantitative estimate of drug-likeness (QED) is 0.796. The number of alkyl halides is 1. The second kappa shape index (κ2) is 5.96. The van der Waals surface area contributed by atoms with Gasteiger partial charge >= 0.3 is 0 Å². The molecule has 0 radical (unpaired) electrons. The molecule has 1 aromatic heterocycles. The Morgan fingerprint density at radius 3 is 2.79 bits per heavy atom. The Balaban J connectivity index is 2.47. The first-order chi connectivity index (χ1) is 9.06. The predicted molar refractivity (Wildman–Crippen MR) is 72.8 cm³/mol. The third-order valence-corrected chi connectivity index (χ3v) is 4.36. The zero-order chi connectivity index (χ0) is 14.0. The van der Waals surface area contributed by atoms with Crippen LogP contribution in [0.3, 0.4) is 0 Å². The van der Waals surface area contributed by atoms with Gasteiger partial charge in [0.1, 0.15) is 17.2 Å². The molecule has 0 saturated carbocycles. The molecule has 1 unspecified atom stereocenters. The third-order valence-electron chi connectivity index (χ3n) is 2.84. The van der Waals surface area contributed by atoms with Gasteiger partial charge in [0.15, 0.2) is 5.82 Å². The van der Waals surface area contributed by atoms with Gasteiger partial charge in [-0.2, -0.15) is 0 Å². The van der Waals surface area contributed by atoms with Crippen LogP contribution >= 0.6 is 11.6 Å². The highest BCUT2D eigenvalue weighted by atomic mass is 35.5. The maximum absolute atomic E-state index is 13.6. The zero-order valence-electron chi connectivity index (χ0n) is 10.3. The number of imidazole rings is 1. The highest BCUT2D eigenvalue weighted by Gasteiger charge is 2.15. The Kier molecular flexibility index (Phi) is 4.52. The Morgan fingerprint density at radius 2 is 2.16 bits per heavy atom. The standard InChI is InChI=1S/C12H13ClF2N2OS/c1-2-19(18)4-3-17-10-6-8(14)5-9(15)12(10)16-11(17)7-13/h5-6H,2-4,7H2,1H3. The smallest absolute Gasteiger partial charge is 0.153 e. The second-order valence-electron chi connectivity index (χ2n) is 4.00. The van der Waals surface area contributed by atoms with Crippen molar-refractivity contribution in [2.45, 2.75) is 19.3 Å². The Hall–Kier alpha value is -1.01. The summed E-state index contributed by atoms with van der Waals surface area (Å²) in [7, 11) is -0.955. The largest absolute Gasteiger partial charge is 0.326 e. The van der Waals surface area contributed by atoms with Crippen LogP contribution in [0.25, 0.3) is 11.0 Å². The van der Waals surface area contributed by atoms with Gasteiger partial charge in [0.2, 0.25) is 0 Å². The normalized spacial score (nSPS) is 13.1. The number of benzene rings is 1. The third kappa shape index (κ3) is 2.95. The zero-order valence-corrected chi connectivity index (χ0v) is 11.9. The van der Waals surface area contributed by atoms with Crippen molar-refractivity contribution in [1.82, 2.24) is 9.55 Å². The SMILES string of the molecule is CCS(=O)CCn1c(CCl)nc2c(F)cc(F)cc21. The molecule has 0 N–H and O–H groups in total. The highest BCUT2D eigenvalue weighted by Crippen LogP contribution is 2.22. The average molecular weight is 307 g/mol. The molecule has 104 valence electrons. The summed E-state index contributed by atoms with van der Waals surface area (Å²) in [5.74, 6) is 0.124. The van der Waals surface area contributed by atoms with E-state index in [0.717, 1.165) is 6.07 Å². The van der Waals surface area contributed by atoms with Crippen LogP contribution in [-0.4, -0.2) is 25.3 Å². The molecule has 1 heterocycles. The monoisotopic (exact) mass is 306 g/mol. The number of halogens is 3.